The lowest BCUT2D eigenvalue weighted by atomic mass is 9.97. The molecule has 5 rings (SSSR count). The van der Waals surface area contributed by atoms with Crippen molar-refractivity contribution in [1.29, 1.82) is 0 Å². The number of primary amides is 3. The number of unbranched alkanes of at least 4 members (excludes halogenated alkanes) is 1. The number of rotatable bonds is 24. The molecule has 1 aliphatic rings. The molecule has 0 bridgehead atoms. The fourth-order valence-electron chi connectivity index (χ4n) is 10.1. The Kier molecular flexibility index (Phi) is 31.8. The number of nitrogens with one attached hydrogen (secondary N) is 12. The number of terminal acetylenes is 1. The Bertz CT molecular complexity index is 3540. The maximum absolute atomic E-state index is 14.9. The predicted octanol–water partition coefficient (Wildman–Crippen LogP) is -2.86. The number of aromatic amines is 1. The second-order valence-corrected chi connectivity index (χ2v) is 25.8. The van der Waals surface area contributed by atoms with Crippen molar-refractivity contribution in [1.82, 2.24) is 63.5 Å². The molecule has 11 atom stereocenters. The van der Waals surface area contributed by atoms with Crippen LogP contribution in [0.4, 0.5) is 0 Å². The van der Waals surface area contributed by atoms with Crippen molar-refractivity contribution in [3.8, 4) is 18.1 Å². The van der Waals surface area contributed by atoms with Gasteiger partial charge < -0.3 is 90.9 Å². The van der Waals surface area contributed by atoms with Crippen LogP contribution in [0.5, 0.6) is 5.75 Å². The number of phenolic OH excluding ortho intramolecular Hbond substituents is 1. The van der Waals surface area contributed by atoms with Crippen LogP contribution in [0, 0.1) is 18.3 Å². The Morgan fingerprint density at radius 1 is 0.643 bits per heavy atom. The van der Waals surface area contributed by atoms with Gasteiger partial charge in [-0.2, -0.15) is 0 Å². The SMILES string of the molecule is C#CCC(=O)NCCCC[C@H]1NC(=O)C(CC(N)=O)NC(=O)[C@@H](NC(C)=O)CSSC[C@@H](C(=O)N[C@@H](Cc2c[nH]c3ccccc23)C(N)=O)NC(=O)C([C@@H](C)CC)NC(=O)[C@@H](CCC(N)=O)NC(=O)[C@H](CO)NC(=O)[C@@H](Cc2ccccc2)NC(=O)[C@@H](Cc2ccc(O)cc2)NC1=O. The number of fused-ring (bicyclic) bond motifs is 1. The summed E-state index contributed by atoms with van der Waals surface area (Å²) in [5.41, 5.74) is 19.1. The van der Waals surface area contributed by atoms with E-state index in [0.29, 0.717) is 16.7 Å². The fraction of sp³-hybridized carbons (Fsp3) is 0.446. The molecule has 1 saturated heterocycles. The van der Waals surface area contributed by atoms with Gasteiger partial charge in [0.25, 0.3) is 0 Å². The summed E-state index contributed by atoms with van der Waals surface area (Å²) in [5.74, 6) is -13.1. The van der Waals surface area contributed by atoms with Crippen molar-refractivity contribution in [2.24, 2.45) is 23.1 Å². The molecule has 0 saturated carbocycles. The number of H-pyrrole nitrogens is 1. The molecule has 3 aromatic carbocycles. The van der Waals surface area contributed by atoms with Crippen molar-refractivity contribution in [3.05, 3.63) is 102 Å². The van der Waals surface area contributed by atoms with Gasteiger partial charge in [-0.3, -0.25) is 67.1 Å². The van der Waals surface area contributed by atoms with Crippen LogP contribution in [0.25, 0.3) is 10.9 Å². The largest absolute Gasteiger partial charge is 0.508 e. The second-order valence-electron chi connectivity index (χ2n) is 23.3. The van der Waals surface area contributed by atoms with E-state index in [1.165, 1.54) is 24.3 Å². The van der Waals surface area contributed by atoms with Gasteiger partial charge in [-0.1, -0.05) is 108 Å². The molecule has 14 amide bonds. The molecule has 2 heterocycles. The Balaban J connectivity index is 1.62. The van der Waals surface area contributed by atoms with Crippen LogP contribution >= 0.6 is 21.6 Å². The summed E-state index contributed by atoms with van der Waals surface area (Å²) in [6.45, 7) is 3.30. The topological polar surface area (TPSA) is 506 Å². The van der Waals surface area contributed by atoms with Crippen LogP contribution in [0.3, 0.4) is 0 Å². The maximum atomic E-state index is 14.9. The lowest BCUT2D eigenvalue weighted by molar-refractivity contribution is -0.137. The molecule has 20 N–H and O–H groups in total. The van der Waals surface area contributed by atoms with E-state index in [1.54, 1.807) is 74.6 Å². The van der Waals surface area contributed by atoms with E-state index in [1.807, 2.05) is 0 Å². The number of nitrogens with two attached hydrogens (primary N) is 3. The maximum Gasteiger partial charge on any atom is 0.245 e. The summed E-state index contributed by atoms with van der Waals surface area (Å²) < 4.78 is 0. The number of hydrogen-bond acceptors (Lipinski definition) is 18. The summed E-state index contributed by atoms with van der Waals surface area (Å²) in [4.78, 5) is 197. The predicted molar refractivity (Wildman–Crippen MR) is 362 cm³/mol. The Labute approximate surface area is 572 Å². The molecule has 1 aliphatic heterocycles. The first-order valence-electron chi connectivity index (χ1n) is 31.5. The fourth-order valence-corrected chi connectivity index (χ4v) is 12.5. The number of amides is 14. The number of carbonyl (C=O) groups excluding carboxylic acids is 14. The van der Waals surface area contributed by atoms with Crippen LogP contribution in [-0.2, 0) is 86.4 Å². The van der Waals surface area contributed by atoms with E-state index in [2.05, 4.69) is 69.4 Å². The number of aliphatic hydroxyl groups excluding tert-OH is 1. The molecule has 33 heteroatoms. The molecule has 0 radical (unpaired) electrons. The number of aromatic nitrogens is 1. The average molecular weight is 1400 g/mol. The first kappa shape index (κ1) is 78.5. The van der Waals surface area contributed by atoms with Crippen molar-refractivity contribution >= 4 is 115 Å². The minimum atomic E-state index is -1.89. The molecule has 528 valence electrons. The molecule has 31 nitrogen and oxygen atoms in total. The van der Waals surface area contributed by atoms with E-state index in [9.17, 15) is 77.3 Å². The molecule has 98 heavy (non-hydrogen) atoms. The molecule has 2 unspecified atom stereocenters. The zero-order valence-electron chi connectivity index (χ0n) is 54.3. The van der Waals surface area contributed by atoms with Gasteiger partial charge in [-0.15, -0.1) is 6.42 Å². The van der Waals surface area contributed by atoms with Crippen molar-refractivity contribution in [3.63, 3.8) is 0 Å². The first-order chi connectivity index (χ1) is 46.7. The van der Waals surface area contributed by atoms with Gasteiger partial charge in [-0.05, 0) is 66.5 Å². The Hall–Kier alpha value is -10.2. The van der Waals surface area contributed by atoms with E-state index < -0.39 is 175 Å². The van der Waals surface area contributed by atoms with E-state index >= 15 is 0 Å². The normalized spacial score (nSPS) is 22.1. The number of benzene rings is 3. The van der Waals surface area contributed by atoms with Crippen molar-refractivity contribution in [2.75, 3.05) is 24.7 Å². The van der Waals surface area contributed by atoms with Gasteiger partial charge in [0.15, 0.2) is 0 Å². The van der Waals surface area contributed by atoms with Crippen LogP contribution in [-0.4, -0.2) is 183 Å². The van der Waals surface area contributed by atoms with Crippen LogP contribution in [0.15, 0.2) is 85.1 Å². The van der Waals surface area contributed by atoms with Crippen LogP contribution in [0.2, 0.25) is 0 Å². The van der Waals surface area contributed by atoms with Gasteiger partial charge in [-0.25, -0.2) is 0 Å². The van der Waals surface area contributed by atoms with E-state index in [0.717, 1.165) is 39.4 Å². The summed E-state index contributed by atoms with van der Waals surface area (Å²) in [7, 11) is 1.76. The third-order valence-corrected chi connectivity index (χ3v) is 18.1. The van der Waals surface area contributed by atoms with Gasteiger partial charge in [0.1, 0.15) is 66.2 Å². The second kappa shape index (κ2) is 39.7. The lowest BCUT2D eigenvalue weighted by Crippen LogP contribution is -2.62. The van der Waals surface area contributed by atoms with Gasteiger partial charge >= 0.3 is 0 Å². The highest BCUT2D eigenvalue weighted by Crippen LogP contribution is 2.25. The highest BCUT2D eigenvalue weighted by molar-refractivity contribution is 8.76. The van der Waals surface area contributed by atoms with Crippen molar-refractivity contribution < 1.29 is 77.3 Å². The van der Waals surface area contributed by atoms with E-state index in [-0.39, 0.29) is 75.2 Å². The lowest BCUT2D eigenvalue weighted by Gasteiger charge is -2.29. The summed E-state index contributed by atoms with van der Waals surface area (Å²) in [5, 5.41) is 49.6. The molecule has 0 spiro atoms. The Morgan fingerprint density at radius 2 is 1.19 bits per heavy atom. The van der Waals surface area contributed by atoms with Gasteiger partial charge in [0.2, 0.25) is 82.7 Å². The quantitative estimate of drug-likeness (QED) is 0.0191. The molecule has 1 fully saturated rings. The molecular weight excluding hydrogens is 1310 g/mol. The highest BCUT2D eigenvalue weighted by Gasteiger charge is 2.38. The van der Waals surface area contributed by atoms with Gasteiger partial charge in [0.05, 0.1) is 19.4 Å². The van der Waals surface area contributed by atoms with Gasteiger partial charge in [0, 0.05) is 67.8 Å². The Morgan fingerprint density at radius 3 is 1.80 bits per heavy atom. The zero-order chi connectivity index (χ0) is 72.0. The molecule has 0 aliphatic carbocycles. The number of hydrogen-bond donors (Lipinski definition) is 17. The third-order valence-electron chi connectivity index (χ3n) is 15.7. The zero-order valence-corrected chi connectivity index (χ0v) is 55.9. The standard InChI is InChI=1S/C65H85N15O16S2/c1-5-14-54(86)69-26-13-12-19-43-57(88)75-47(28-38-20-22-40(83)23-21-38)59(90)76-46(27-37-15-8-7-9-16-37)60(91)78-49(32-81)62(93)73-44(24-25-52(66)84)58(89)80-55(35(3)6-2)65(96)79-51(64(95)74-45(56(68)87)29-39-31-70-42-18-11-10-17-41(39)42)34-98-97-33-50(71-36(4)82)63(94)77-48(30-53(67)85)61(92)72-43/h1,7-11,15-18,20-23,31,35,43-51,55,70,81,83H,6,12-14,19,24-30,32-34H2,2-4H3,(H2,66,84)(H2,67,85)(H2,68,87)(H,69,86)(H,71,82)(H,72,92)(H,73,93)(H,74,95)(H,75,88)(H,76,90)(H,77,94)(H,78,91)(H,79,96)(H,80,89)/t35-,43+,44+,45-,46+,47+,48?,49-,50-,51-,55?/m0/s1. The molecular formula is C65H85N15O16S2. The summed E-state index contributed by atoms with van der Waals surface area (Å²) in [6, 6.07) is 4.48. The first-order valence-corrected chi connectivity index (χ1v) is 34.0. The number of para-hydroxylation sites is 1. The summed E-state index contributed by atoms with van der Waals surface area (Å²) >= 11 is 0. The smallest absolute Gasteiger partial charge is 0.245 e. The third kappa shape index (κ3) is 25.7. The minimum absolute atomic E-state index is 0.0637. The van der Waals surface area contributed by atoms with Crippen LogP contribution < -0.4 is 75.7 Å². The van der Waals surface area contributed by atoms with Crippen LogP contribution in [0.1, 0.15) is 88.8 Å². The van der Waals surface area contributed by atoms with E-state index in [4.69, 9.17) is 23.6 Å². The average Bonchev–Trinajstić information content (AvgIpc) is 1.63. The summed E-state index contributed by atoms with van der Waals surface area (Å²) in [6.07, 6.45) is 4.34. The van der Waals surface area contributed by atoms with Crippen molar-refractivity contribution in [2.45, 2.75) is 152 Å². The molecule has 4 aromatic rings. The number of carbonyl (C=O) groups is 14. The highest BCUT2D eigenvalue weighted by atomic mass is 33.1. The monoisotopic (exact) mass is 1400 g/mol. The number of aliphatic hydroxyl groups is 1. The molecule has 1 aromatic heterocycles. The number of aromatic hydroxyl groups is 1. The number of phenols is 1. The minimum Gasteiger partial charge on any atom is -0.508 e.